The fraction of sp³-hybridized carbons (Fsp3) is 0.696. The summed E-state index contributed by atoms with van der Waals surface area (Å²) in [7, 11) is 0. The van der Waals surface area contributed by atoms with E-state index in [4.69, 9.17) is 9.47 Å². The van der Waals surface area contributed by atoms with Crippen molar-refractivity contribution in [1.29, 1.82) is 0 Å². The SMILES string of the molecule is Cc1cnc(OCC(C)(C)C(=O)N[C@H]2CN(C(=O)OC(C)(C)C)CC23CC3)c(C)c1. The van der Waals surface area contributed by atoms with Crippen LogP contribution in [0.25, 0.3) is 0 Å². The molecule has 1 atom stereocenters. The smallest absolute Gasteiger partial charge is 0.410 e. The minimum atomic E-state index is -0.728. The molecule has 2 aliphatic rings. The van der Waals surface area contributed by atoms with Crippen molar-refractivity contribution in [2.24, 2.45) is 10.8 Å². The van der Waals surface area contributed by atoms with Crippen LogP contribution < -0.4 is 10.1 Å². The number of carbonyl (C=O) groups excluding carboxylic acids is 2. The first-order valence-corrected chi connectivity index (χ1v) is 10.7. The molecule has 1 saturated carbocycles. The predicted molar refractivity (Wildman–Crippen MR) is 114 cm³/mol. The van der Waals surface area contributed by atoms with E-state index in [2.05, 4.69) is 10.3 Å². The fourth-order valence-corrected chi connectivity index (χ4v) is 3.82. The van der Waals surface area contributed by atoms with Crippen LogP contribution in [0, 0.1) is 24.7 Å². The highest BCUT2D eigenvalue weighted by Gasteiger charge is 2.57. The first-order valence-electron chi connectivity index (χ1n) is 10.7. The number of nitrogens with zero attached hydrogens (tertiary/aromatic N) is 2. The molecule has 1 aliphatic heterocycles. The van der Waals surface area contributed by atoms with Gasteiger partial charge in [0.25, 0.3) is 0 Å². The maximum atomic E-state index is 13.1. The maximum Gasteiger partial charge on any atom is 0.410 e. The average Bonchev–Trinajstić information content (AvgIpc) is 3.29. The van der Waals surface area contributed by atoms with Crippen LogP contribution in [-0.4, -0.2) is 53.2 Å². The second kappa shape index (κ2) is 7.75. The Labute approximate surface area is 179 Å². The van der Waals surface area contributed by atoms with Gasteiger partial charge < -0.3 is 19.7 Å². The van der Waals surface area contributed by atoms with Gasteiger partial charge in [0.2, 0.25) is 11.8 Å². The molecule has 0 aromatic carbocycles. The lowest BCUT2D eigenvalue weighted by atomic mass is 9.91. The molecule has 1 aliphatic carbocycles. The van der Waals surface area contributed by atoms with Crippen molar-refractivity contribution < 1.29 is 19.1 Å². The molecule has 3 rings (SSSR count). The van der Waals surface area contributed by atoms with Gasteiger partial charge in [-0.05, 0) is 72.9 Å². The zero-order valence-electron chi connectivity index (χ0n) is 19.3. The lowest BCUT2D eigenvalue weighted by Crippen LogP contribution is -2.49. The van der Waals surface area contributed by atoms with E-state index in [-0.39, 0.29) is 30.1 Å². The topological polar surface area (TPSA) is 80.8 Å². The van der Waals surface area contributed by atoms with Crippen LogP contribution >= 0.6 is 0 Å². The van der Waals surface area contributed by atoms with Crippen molar-refractivity contribution in [2.45, 2.75) is 73.0 Å². The van der Waals surface area contributed by atoms with E-state index < -0.39 is 11.0 Å². The molecule has 7 heteroatoms. The minimum Gasteiger partial charge on any atom is -0.476 e. The highest BCUT2D eigenvalue weighted by molar-refractivity contribution is 5.82. The molecule has 166 valence electrons. The van der Waals surface area contributed by atoms with E-state index in [9.17, 15) is 9.59 Å². The zero-order chi connectivity index (χ0) is 22.3. The van der Waals surface area contributed by atoms with Crippen molar-refractivity contribution >= 4 is 12.0 Å². The minimum absolute atomic E-state index is 0.0153. The summed E-state index contributed by atoms with van der Waals surface area (Å²) in [5, 5.41) is 3.19. The Morgan fingerprint density at radius 1 is 1.23 bits per heavy atom. The van der Waals surface area contributed by atoms with Gasteiger partial charge in [0.1, 0.15) is 12.2 Å². The summed E-state index contributed by atoms with van der Waals surface area (Å²) in [4.78, 5) is 31.6. The van der Waals surface area contributed by atoms with E-state index >= 15 is 0 Å². The van der Waals surface area contributed by atoms with Crippen LogP contribution in [0.2, 0.25) is 0 Å². The summed E-state index contributed by atoms with van der Waals surface area (Å²) in [6.07, 6.45) is 3.48. The molecule has 0 bridgehead atoms. The molecule has 0 unspecified atom stereocenters. The molecule has 1 aromatic rings. The third kappa shape index (κ3) is 5.05. The van der Waals surface area contributed by atoms with Crippen LogP contribution in [-0.2, 0) is 9.53 Å². The van der Waals surface area contributed by atoms with E-state index in [0.29, 0.717) is 19.0 Å². The number of amides is 2. The molecule has 30 heavy (non-hydrogen) atoms. The van der Waals surface area contributed by atoms with Crippen molar-refractivity contribution in [2.75, 3.05) is 19.7 Å². The molecular formula is C23H35N3O4. The number of pyridine rings is 1. The van der Waals surface area contributed by atoms with Gasteiger partial charge in [-0.15, -0.1) is 0 Å². The Bertz CT molecular complexity index is 824. The third-order valence-electron chi connectivity index (χ3n) is 5.85. The van der Waals surface area contributed by atoms with Gasteiger partial charge >= 0.3 is 6.09 Å². The largest absolute Gasteiger partial charge is 0.476 e. The number of hydrogen-bond donors (Lipinski definition) is 1. The standard InChI is InChI=1S/C23H35N3O4/c1-15-10-16(2)18(24-11-15)29-14-22(6,7)19(27)25-17-12-26(13-23(17)8-9-23)20(28)30-21(3,4)5/h10-11,17H,8-9,12-14H2,1-7H3,(H,25,27)/t17-/m0/s1. The quantitative estimate of drug-likeness (QED) is 0.791. The lowest BCUT2D eigenvalue weighted by Gasteiger charge is -2.28. The zero-order valence-corrected chi connectivity index (χ0v) is 19.3. The van der Waals surface area contributed by atoms with Gasteiger partial charge in [-0.2, -0.15) is 0 Å². The van der Waals surface area contributed by atoms with E-state index in [1.807, 2.05) is 54.5 Å². The summed E-state index contributed by atoms with van der Waals surface area (Å²) in [6.45, 7) is 14.6. The average molecular weight is 418 g/mol. The van der Waals surface area contributed by atoms with Crippen LogP contribution in [0.5, 0.6) is 5.88 Å². The number of rotatable bonds is 5. The molecule has 7 nitrogen and oxygen atoms in total. The van der Waals surface area contributed by atoms with Gasteiger partial charge in [0.05, 0.1) is 11.5 Å². The highest BCUT2D eigenvalue weighted by Crippen LogP contribution is 2.53. The van der Waals surface area contributed by atoms with Gasteiger partial charge in [-0.25, -0.2) is 9.78 Å². The molecule has 1 spiro atoms. The number of aromatic nitrogens is 1. The summed E-state index contributed by atoms with van der Waals surface area (Å²) >= 11 is 0. The normalized spacial score (nSPS) is 20.2. The summed E-state index contributed by atoms with van der Waals surface area (Å²) in [5.41, 5.74) is 0.748. The van der Waals surface area contributed by atoms with Crippen LogP contribution in [0.3, 0.4) is 0 Å². The molecule has 2 amide bonds. The van der Waals surface area contributed by atoms with Crippen LogP contribution in [0.15, 0.2) is 12.3 Å². The van der Waals surface area contributed by atoms with Gasteiger partial charge in [0, 0.05) is 30.3 Å². The summed E-state index contributed by atoms with van der Waals surface area (Å²) in [5.74, 6) is 0.478. The third-order valence-corrected chi connectivity index (χ3v) is 5.85. The Morgan fingerprint density at radius 3 is 2.47 bits per heavy atom. The van der Waals surface area contributed by atoms with E-state index in [1.165, 1.54) is 0 Å². The van der Waals surface area contributed by atoms with Crippen LogP contribution in [0.1, 0.15) is 58.6 Å². The fourth-order valence-electron chi connectivity index (χ4n) is 3.82. The Morgan fingerprint density at radius 2 is 1.90 bits per heavy atom. The molecule has 1 aromatic heterocycles. The summed E-state index contributed by atoms with van der Waals surface area (Å²) < 4.78 is 11.4. The molecule has 2 fully saturated rings. The van der Waals surface area contributed by atoms with E-state index in [0.717, 1.165) is 24.0 Å². The molecular weight excluding hydrogens is 382 g/mol. The summed E-state index contributed by atoms with van der Waals surface area (Å²) in [6, 6.07) is 1.95. The first-order chi connectivity index (χ1) is 13.8. The number of aryl methyl sites for hydroxylation is 2. The second-order valence-corrected chi connectivity index (χ2v) is 10.6. The monoisotopic (exact) mass is 417 g/mol. The second-order valence-electron chi connectivity index (χ2n) is 10.6. The molecule has 1 N–H and O–H groups in total. The maximum absolute atomic E-state index is 13.1. The van der Waals surface area contributed by atoms with Crippen molar-refractivity contribution in [1.82, 2.24) is 15.2 Å². The number of ether oxygens (including phenoxy) is 2. The number of hydrogen-bond acceptors (Lipinski definition) is 5. The van der Waals surface area contributed by atoms with Gasteiger partial charge in [0.15, 0.2) is 0 Å². The lowest BCUT2D eigenvalue weighted by molar-refractivity contribution is -0.131. The van der Waals surface area contributed by atoms with Crippen molar-refractivity contribution in [3.63, 3.8) is 0 Å². The Balaban J connectivity index is 1.59. The molecule has 1 saturated heterocycles. The van der Waals surface area contributed by atoms with Crippen LogP contribution in [0.4, 0.5) is 4.79 Å². The first kappa shape index (κ1) is 22.4. The number of nitrogens with one attached hydrogen (secondary N) is 1. The predicted octanol–water partition coefficient (Wildman–Crippen LogP) is 3.62. The number of carbonyl (C=O) groups is 2. The van der Waals surface area contributed by atoms with Crippen molar-refractivity contribution in [3.8, 4) is 5.88 Å². The molecule has 2 heterocycles. The van der Waals surface area contributed by atoms with E-state index in [1.54, 1.807) is 11.1 Å². The van der Waals surface area contributed by atoms with Crippen molar-refractivity contribution in [3.05, 3.63) is 23.4 Å². The highest BCUT2D eigenvalue weighted by atomic mass is 16.6. The molecule has 0 radical (unpaired) electrons. The Kier molecular flexibility index (Phi) is 5.78. The van der Waals surface area contributed by atoms with Gasteiger partial charge in [-0.1, -0.05) is 0 Å². The Hall–Kier alpha value is -2.31. The number of likely N-dealkylation sites (tertiary alicyclic amines) is 1. The van der Waals surface area contributed by atoms with Gasteiger partial charge in [-0.3, -0.25) is 4.79 Å².